The van der Waals surface area contributed by atoms with Gasteiger partial charge in [0.15, 0.2) is 0 Å². The average Bonchev–Trinajstić information content (AvgIpc) is 2.99. The van der Waals surface area contributed by atoms with Crippen LogP contribution in [0.3, 0.4) is 0 Å². The van der Waals surface area contributed by atoms with Crippen LogP contribution >= 0.6 is 46.4 Å². The summed E-state index contributed by atoms with van der Waals surface area (Å²) in [6.07, 6.45) is 17.6. The summed E-state index contributed by atoms with van der Waals surface area (Å²) >= 11 is 24.7. The molecule has 0 atom stereocenters. The third-order valence-electron chi connectivity index (χ3n) is 5.64. The Labute approximate surface area is 206 Å². The molecule has 1 aromatic heterocycles. The number of benzene rings is 1. The van der Waals surface area contributed by atoms with Gasteiger partial charge in [0.25, 0.3) is 5.56 Å². The Bertz CT molecular complexity index is 837. The lowest BCUT2D eigenvalue weighted by Gasteiger charge is -2.08. The van der Waals surface area contributed by atoms with Gasteiger partial charge in [-0.3, -0.25) is 9.89 Å². The van der Waals surface area contributed by atoms with Crippen LogP contribution < -0.4 is 5.56 Å². The Kier molecular flexibility index (Phi) is 12.5. The Hall–Kier alpha value is -0.610. The maximum Gasteiger partial charge on any atom is 0.290 e. The Morgan fingerprint density at radius 1 is 0.742 bits per heavy atom. The number of nitrogens with zero attached hydrogens (tertiary/aromatic N) is 1. The van der Waals surface area contributed by atoms with Crippen molar-refractivity contribution in [3.8, 4) is 5.69 Å². The van der Waals surface area contributed by atoms with Crippen LogP contribution in [0.1, 0.15) is 96.1 Å². The fourth-order valence-electron chi connectivity index (χ4n) is 3.85. The number of H-pyrrole nitrogens is 1. The monoisotopic (exact) mass is 506 g/mol. The molecule has 1 aromatic carbocycles. The second kappa shape index (κ2) is 14.5. The lowest BCUT2D eigenvalue weighted by atomic mass is 10.0. The van der Waals surface area contributed by atoms with Crippen molar-refractivity contribution < 1.29 is 0 Å². The van der Waals surface area contributed by atoms with Crippen molar-refractivity contribution in [2.75, 3.05) is 0 Å². The van der Waals surface area contributed by atoms with E-state index >= 15 is 0 Å². The van der Waals surface area contributed by atoms with E-state index in [0.717, 1.165) is 25.0 Å². The number of aromatic nitrogens is 2. The van der Waals surface area contributed by atoms with Crippen LogP contribution in [0.15, 0.2) is 16.9 Å². The predicted octanol–water partition coefficient (Wildman–Crippen LogP) is 9.41. The molecule has 0 saturated carbocycles. The van der Waals surface area contributed by atoms with Crippen LogP contribution in [-0.2, 0) is 6.42 Å². The molecule has 0 amide bonds. The molecule has 0 bridgehead atoms. The molecule has 0 aliphatic heterocycles. The molecule has 0 aliphatic carbocycles. The molecular weight excluding hydrogens is 474 g/mol. The van der Waals surface area contributed by atoms with Crippen molar-refractivity contribution in [2.24, 2.45) is 0 Å². The van der Waals surface area contributed by atoms with Crippen molar-refractivity contribution in [1.82, 2.24) is 9.78 Å². The van der Waals surface area contributed by atoms with Gasteiger partial charge in [0, 0.05) is 5.02 Å². The zero-order chi connectivity index (χ0) is 22.6. The third-order valence-corrected chi connectivity index (χ3v) is 6.82. The summed E-state index contributed by atoms with van der Waals surface area (Å²) in [5, 5.41) is 4.27. The second-order valence-electron chi connectivity index (χ2n) is 8.26. The standard InChI is InChI=1S/C24H34Cl4N2O/c1-2-3-4-5-6-7-8-9-10-11-12-13-14-15-21-22(28)24(31)30(29-21)23-19(26)16-18(25)17-20(23)27/h16-17,29H,2-15H2,1H3. The fraction of sp³-hybridized carbons (Fsp3) is 0.625. The highest BCUT2D eigenvalue weighted by Gasteiger charge is 2.18. The minimum atomic E-state index is -0.350. The first-order valence-electron chi connectivity index (χ1n) is 11.6. The second-order valence-corrected chi connectivity index (χ2v) is 9.88. The maximum absolute atomic E-state index is 12.6. The molecule has 31 heavy (non-hydrogen) atoms. The number of hydrogen-bond donors (Lipinski definition) is 1. The SMILES string of the molecule is CCCCCCCCCCCCCCCc1[nH]n(-c2c(Cl)cc(Cl)cc2Cl)c(=O)c1Cl. The number of unbranched alkanes of at least 4 members (excludes halogenated alkanes) is 12. The minimum absolute atomic E-state index is 0.195. The van der Waals surface area contributed by atoms with E-state index in [1.54, 1.807) is 12.1 Å². The number of aryl methyl sites for hydroxylation is 1. The first-order chi connectivity index (χ1) is 15.0. The molecule has 3 nitrogen and oxygen atoms in total. The van der Waals surface area contributed by atoms with E-state index in [2.05, 4.69) is 12.0 Å². The summed E-state index contributed by atoms with van der Waals surface area (Å²) in [5.41, 5.74) is 0.741. The molecule has 7 heteroatoms. The van der Waals surface area contributed by atoms with Crippen molar-refractivity contribution in [1.29, 1.82) is 0 Å². The van der Waals surface area contributed by atoms with Crippen molar-refractivity contribution in [2.45, 2.75) is 96.8 Å². The molecular formula is C24H34Cl4N2O. The largest absolute Gasteiger partial charge is 0.293 e. The van der Waals surface area contributed by atoms with Crippen molar-refractivity contribution in [3.05, 3.63) is 48.3 Å². The van der Waals surface area contributed by atoms with Crippen molar-refractivity contribution in [3.63, 3.8) is 0 Å². The van der Waals surface area contributed by atoms with Crippen molar-refractivity contribution >= 4 is 46.4 Å². The molecule has 0 aliphatic rings. The van der Waals surface area contributed by atoms with Gasteiger partial charge in [-0.15, -0.1) is 0 Å². The van der Waals surface area contributed by atoms with E-state index in [4.69, 9.17) is 46.4 Å². The average molecular weight is 508 g/mol. The smallest absolute Gasteiger partial charge is 0.290 e. The number of halogens is 4. The third kappa shape index (κ3) is 8.68. The molecule has 0 fully saturated rings. The highest BCUT2D eigenvalue weighted by molar-refractivity contribution is 6.40. The molecule has 2 rings (SSSR count). The van der Waals surface area contributed by atoms with E-state index in [-0.39, 0.29) is 10.6 Å². The van der Waals surface area contributed by atoms with E-state index in [0.29, 0.717) is 20.8 Å². The van der Waals surface area contributed by atoms with Crippen LogP contribution in [0, 0.1) is 0 Å². The van der Waals surface area contributed by atoms with Crippen LogP contribution in [0.5, 0.6) is 0 Å². The molecule has 0 radical (unpaired) electrons. The van der Waals surface area contributed by atoms with E-state index in [9.17, 15) is 4.79 Å². The zero-order valence-corrected chi connectivity index (χ0v) is 21.4. The first kappa shape index (κ1) is 26.6. The summed E-state index contributed by atoms with van der Waals surface area (Å²) in [5.74, 6) is 0. The van der Waals surface area contributed by atoms with E-state index in [1.165, 1.54) is 75.3 Å². The molecule has 0 saturated heterocycles. The lowest BCUT2D eigenvalue weighted by molar-refractivity contribution is 0.538. The van der Waals surface area contributed by atoms with Crippen LogP contribution in [0.25, 0.3) is 5.69 Å². The van der Waals surface area contributed by atoms with Gasteiger partial charge < -0.3 is 0 Å². The predicted molar refractivity (Wildman–Crippen MR) is 136 cm³/mol. The summed E-state index contributed by atoms with van der Waals surface area (Å²) in [4.78, 5) is 12.6. The highest BCUT2D eigenvalue weighted by atomic mass is 35.5. The van der Waals surface area contributed by atoms with Gasteiger partial charge in [-0.05, 0) is 25.0 Å². The molecule has 1 N–H and O–H groups in total. The van der Waals surface area contributed by atoms with Crippen LogP contribution in [0.4, 0.5) is 0 Å². The summed E-state index contributed by atoms with van der Waals surface area (Å²) in [6, 6.07) is 3.11. The number of rotatable bonds is 15. The molecule has 2 aromatic rings. The number of hydrogen-bond acceptors (Lipinski definition) is 1. The van der Waals surface area contributed by atoms with E-state index in [1.807, 2.05) is 0 Å². The maximum atomic E-state index is 12.6. The van der Waals surface area contributed by atoms with Gasteiger partial charge in [-0.1, -0.05) is 130 Å². The van der Waals surface area contributed by atoms with Gasteiger partial charge in [-0.2, -0.15) is 0 Å². The van der Waals surface area contributed by atoms with Crippen LogP contribution in [-0.4, -0.2) is 9.78 Å². The summed E-state index contributed by atoms with van der Waals surface area (Å²) in [7, 11) is 0. The highest BCUT2D eigenvalue weighted by Crippen LogP contribution is 2.31. The normalized spacial score (nSPS) is 11.4. The van der Waals surface area contributed by atoms with Gasteiger partial charge in [0.2, 0.25) is 0 Å². The molecule has 174 valence electrons. The fourth-order valence-corrected chi connectivity index (χ4v) is 5.06. The number of aromatic amines is 1. The Balaban J connectivity index is 1.69. The minimum Gasteiger partial charge on any atom is -0.293 e. The summed E-state index contributed by atoms with van der Waals surface area (Å²) in [6.45, 7) is 2.26. The van der Waals surface area contributed by atoms with Crippen LogP contribution in [0.2, 0.25) is 20.1 Å². The molecule has 1 heterocycles. The molecule has 0 unspecified atom stereocenters. The quantitative estimate of drug-likeness (QED) is 0.239. The summed E-state index contributed by atoms with van der Waals surface area (Å²) < 4.78 is 1.31. The topological polar surface area (TPSA) is 37.8 Å². The zero-order valence-electron chi connectivity index (χ0n) is 18.4. The van der Waals surface area contributed by atoms with Gasteiger partial charge in [-0.25, -0.2) is 4.68 Å². The number of nitrogens with one attached hydrogen (secondary N) is 1. The molecule has 0 spiro atoms. The lowest BCUT2D eigenvalue weighted by Crippen LogP contribution is -2.15. The Morgan fingerprint density at radius 3 is 1.68 bits per heavy atom. The van der Waals surface area contributed by atoms with Gasteiger partial charge in [0.05, 0.1) is 15.7 Å². The van der Waals surface area contributed by atoms with Gasteiger partial charge >= 0.3 is 0 Å². The first-order valence-corrected chi connectivity index (χ1v) is 13.1. The van der Waals surface area contributed by atoms with Gasteiger partial charge in [0.1, 0.15) is 10.7 Å². The van der Waals surface area contributed by atoms with E-state index < -0.39 is 0 Å². The Morgan fingerprint density at radius 2 is 1.19 bits per heavy atom.